The first-order valence-electron chi connectivity index (χ1n) is 5.94. The van der Waals surface area contributed by atoms with E-state index in [-0.39, 0.29) is 22.7 Å². The zero-order chi connectivity index (χ0) is 14.6. The van der Waals surface area contributed by atoms with Gasteiger partial charge in [-0.25, -0.2) is 0 Å². The number of aliphatic carboxylic acids is 1. The van der Waals surface area contributed by atoms with Crippen LogP contribution in [0, 0.1) is 11.3 Å². The number of carbonyl (C=O) groups is 2. The number of amides is 1. The fourth-order valence-corrected chi connectivity index (χ4v) is 1.95. The van der Waals surface area contributed by atoms with E-state index in [2.05, 4.69) is 5.32 Å². The lowest BCUT2D eigenvalue weighted by Crippen LogP contribution is -2.35. The summed E-state index contributed by atoms with van der Waals surface area (Å²) in [7, 11) is 0. The van der Waals surface area contributed by atoms with E-state index >= 15 is 0 Å². The summed E-state index contributed by atoms with van der Waals surface area (Å²) in [6, 6.07) is 1.44. The van der Waals surface area contributed by atoms with Crippen molar-refractivity contribution >= 4 is 23.5 Å². The quantitative estimate of drug-likeness (QED) is 0.873. The molecule has 5 nitrogen and oxygen atoms in total. The second-order valence-electron chi connectivity index (χ2n) is 5.62. The van der Waals surface area contributed by atoms with Crippen LogP contribution in [0.15, 0.2) is 16.7 Å². The molecule has 6 heteroatoms. The van der Waals surface area contributed by atoms with E-state index in [0.717, 1.165) is 0 Å². The predicted octanol–water partition coefficient (Wildman–Crippen LogP) is 2.80. The molecule has 106 valence electrons. The van der Waals surface area contributed by atoms with E-state index in [9.17, 15) is 9.59 Å². The Kier molecular flexibility index (Phi) is 5.00. The maximum absolute atomic E-state index is 11.8. The number of furan rings is 1. The number of carbonyl (C=O) groups excluding carboxylic acids is 1. The predicted molar refractivity (Wildman–Crippen MR) is 71.2 cm³/mol. The van der Waals surface area contributed by atoms with Gasteiger partial charge in [-0.05, 0) is 29.5 Å². The molecule has 0 saturated heterocycles. The summed E-state index contributed by atoms with van der Waals surface area (Å²) in [6.07, 6.45) is 1.78. The Labute approximate surface area is 116 Å². The number of carboxylic acid groups (broad SMARTS) is 1. The first-order chi connectivity index (χ1) is 8.70. The van der Waals surface area contributed by atoms with Crippen molar-refractivity contribution in [3.63, 3.8) is 0 Å². The highest BCUT2D eigenvalue weighted by molar-refractivity contribution is 6.32. The van der Waals surface area contributed by atoms with Crippen LogP contribution >= 0.6 is 11.6 Å². The standard InChI is InChI=1S/C13H18ClNO4/c1-13(2,3)6-8(12(17)18)7-15-11(16)9-4-5-19-10(9)14/h4-5,8H,6-7H2,1-3H3,(H,15,16)(H,17,18). The molecule has 0 radical (unpaired) electrons. The van der Waals surface area contributed by atoms with Crippen molar-refractivity contribution in [1.82, 2.24) is 5.32 Å². The smallest absolute Gasteiger partial charge is 0.308 e. The van der Waals surface area contributed by atoms with Crippen molar-refractivity contribution < 1.29 is 19.1 Å². The van der Waals surface area contributed by atoms with Crippen LogP contribution in [0.2, 0.25) is 5.22 Å². The van der Waals surface area contributed by atoms with Crippen LogP contribution in [0.25, 0.3) is 0 Å². The van der Waals surface area contributed by atoms with Gasteiger partial charge in [0.2, 0.25) is 5.22 Å². The lowest BCUT2D eigenvalue weighted by atomic mass is 9.84. The van der Waals surface area contributed by atoms with Crippen molar-refractivity contribution in [2.75, 3.05) is 6.54 Å². The van der Waals surface area contributed by atoms with Crippen molar-refractivity contribution in [3.05, 3.63) is 23.1 Å². The molecule has 0 bridgehead atoms. The summed E-state index contributed by atoms with van der Waals surface area (Å²) in [4.78, 5) is 22.9. The topological polar surface area (TPSA) is 79.5 Å². The second-order valence-corrected chi connectivity index (χ2v) is 5.96. The highest BCUT2D eigenvalue weighted by Gasteiger charge is 2.25. The molecule has 19 heavy (non-hydrogen) atoms. The van der Waals surface area contributed by atoms with Gasteiger partial charge < -0.3 is 14.8 Å². The maximum atomic E-state index is 11.8. The van der Waals surface area contributed by atoms with E-state index in [1.807, 2.05) is 20.8 Å². The van der Waals surface area contributed by atoms with Crippen molar-refractivity contribution in [2.45, 2.75) is 27.2 Å². The SMILES string of the molecule is CC(C)(C)CC(CNC(=O)c1ccoc1Cl)C(=O)O. The average Bonchev–Trinajstić information content (AvgIpc) is 2.68. The normalized spacial score (nSPS) is 13.1. The molecule has 0 aliphatic heterocycles. The van der Waals surface area contributed by atoms with Crippen LogP contribution in [0.1, 0.15) is 37.6 Å². The third kappa shape index (κ3) is 4.95. The van der Waals surface area contributed by atoms with Crippen LogP contribution in [0.3, 0.4) is 0 Å². The van der Waals surface area contributed by atoms with Crippen molar-refractivity contribution in [3.8, 4) is 0 Å². The molecule has 0 aliphatic rings. The molecule has 1 heterocycles. The summed E-state index contributed by atoms with van der Waals surface area (Å²) < 4.78 is 4.81. The van der Waals surface area contributed by atoms with E-state index in [4.69, 9.17) is 21.1 Å². The van der Waals surface area contributed by atoms with Gasteiger partial charge in [-0.2, -0.15) is 0 Å². The number of rotatable bonds is 5. The maximum Gasteiger partial charge on any atom is 0.308 e. The monoisotopic (exact) mass is 287 g/mol. The fourth-order valence-electron chi connectivity index (χ4n) is 1.75. The Morgan fingerprint density at radius 3 is 2.53 bits per heavy atom. The van der Waals surface area contributed by atoms with Gasteiger partial charge in [0.05, 0.1) is 17.7 Å². The van der Waals surface area contributed by atoms with Crippen molar-refractivity contribution in [2.24, 2.45) is 11.3 Å². The van der Waals surface area contributed by atoms with Crippen molar-refractivity contribution in [1.29, 1.82) is 0 Å². The Morgan fingerprint density at radius 2 is 2.11 bits per heavy atom. The lowest BCUT2D eigenvalue weighted by Gasteiger charge is -2.23. The Balaban J connectivity index is 2.60. The van der Waals surface area contributed by atoms with Gasteiger partial charge in [0.15, 0.2) is 0 Å². The fraction of sp³-hybridized carbons (Fsp3) is 0.538. The first-order valence-corrected chi connectivity index (χ1v) is 6.32. The minimum Gasteiger partial charge on any atom is -0.481 e. The number of hydrogen-bond donors (Lipinski definition) is 2. The number of hydrogen-bond acceptors (Lipinski definition) is 3. The first kappa shape index (κ1) is 15.6. The molecule has 2 N–H and O–H groups in total. The summed E-state index contributed by atoms with van der Waals surface area (Å²) >= 11 is 5.68. The number of carboxylic acids is 1. The van der Waals surface area contributed by atoms with Gasteiger partial charge in [-0.1, -0.05) is 20.8 Å². The molecule has 1 atom stereocenters. The third-order valence-electron chi connectivity index (χ3n) is 2.58. The van der Waals surface area contributed by atoms with Crippen LogP contribution < -0.4 is 5.32 Å². The molecule has 0 aromatic carbocycles. The summed E-state index contributed by atoms with van der Waals surface area (Å²) in [5.74, 6) is -1.98. The Bertz CT molecular complexity index is 461. The molecule has 1 rings (SSSR count). The minimum absolute atomic E-state index is 0.000182. The summed E-state index contributed by atoms with van der Waals surface area (Å²) in [6.45, 7) is 5.93. The van der Waals surface area contributed by atoms with Crippen LogP contribution in [0.4, 0.5) is 0 Å². The molecule has 1 aromatic heterocycles. The minimum atomic E-state index is -0.923. The van der Waals surface area contributed by atoms with E-state index < -0.39 is 17.8 Å². The highest BCUT2D eigenvalue weighted by atomic mass is 35.5. The molecule has 0 aliphatic carbocycles. The van der Waals surface area contributed by atoms with Crippen LogP contribution in [-0.4, -0.2) is 23.5 Å². The molecular formula is C13H18ClNO4. The zero-order valence-electron chi connectivity index (χ0n) is 11.2. The van der Waals surface area contributed by atoms with Gasteiger partial charge in [-0.3, -0.25) is 9.59 Å². The number of nitrogens with one attached hydrogen (secondary N) is 1. The molecule has 1 unspecified atom stereocenters. The van der Waals surface area contributed by atoms with Gasteiger partial charge in [0, 0.05) is 6.54 Å². The van der Waals surface area contributed by atoms with Crippen LogP contribution in [0.5, 0.6) is 0 Å². The van der Waals surface area contributed by atoms with E-state index in [1.165, 1.54) is 12.3 Å². The van der Waals surface area contributed by atoms with E-state index in [1.54, 1.807) is 0 Å². The molecular weight excluding hydrogens is 270 g/mol. The largest absolute Gasteiger partial charge is 0.481 e. The highest BCUT2D eigenvalue weighted by Crippen LogP contribution is 2.24. The van der Waals surface area contributed by atoms with Crippen LogP contribution in [-0.2, 0) is 4.79 Å². The Hall–Kier alpha value is -1.49. The van der Waals surface area contributed by atoms with Gasteiger partial charge >= 0.3 is 5.97 Å². The van der Waals surface area contributed by atoms with E-state index in [0.29, 0.717) is 6.42 Å². The van der Waals surface area contributed by atoms with Gasteiger partial charge in [0.25, 0.3) is 5.91 Å². The Morgan fingerprint density at radius 1 is 1.47 bits per heavy atom. The summed E-state index contributed by atoms with van der Waals surface area (Å²) in [5, 5.41) is 11.7. The van der Waals surface area contributed by atoms with Gasteiger partial charge in [0.1, 0.15) is 0 Å². The molecule has 1 aromatic rings. The molecule has 0 spiro atoms. The third-order valence-corrected chi connectivity index (χ3v) is 2.87. The molecule has 0 fully saturated rings. The molecule has 0 saturated carbocycles. The number of halogens is 1. The molecule has 1 amide bonds. The zero-order valence-corrected chi connectivity index (χ0v) is 12.0. The average molecular weight is 288 g/mol. The van der Waals surface area contributed by atoms with Gasteiger partial charge in [-0.15, -0.1) is 0 Å². The lowest BCUT2D eigenvalue weighted by molar-refractivity contribution is -0.142. The second kappa shape index (κ2) is 6.10. The summed E-state index contributed by atoms with van der Waals surface area (Å²) in [5.41, 5.74) is 0.0858.